The number of fused-ring (bicyclic) bond motifs is 1. The van der Waals surface area contributed by atoms with Crippen molar-refractivity contribution >= 4 is 34.2 Å². The lowest BCUT2D eigenvalue weighted by atomic mass is 10.2. The first-order chi connectivity index (χ1) is 5.66. The Balaban J connectivity index is 2.83. The van der Waals surface area contributed by atoms with E-state index in [0.717, 1.165) is 16.6 Å². The second kappa shape index (κ2) is 2.64. The summed E-state index contributed by atoms with van der Waals surface area (Å²) in [6.07, 6.45) is 0. The van der Waals surface area contributed by atoms with E-state index < -0.39 is 0 Å². The minimum absolute atomic E-state index is 0.395. The van der Waals surface area contributed by atoms with E-state index >= 15 is 0 Å². The van der Waals surface area contributed by atoms with Gasteiger partial charge in [0.2, 0.25) is 5.28 Å². The van der Waals surface area contributed by atoms with Crippen LogP contribution in [0.5, 0.6) is 0 Å². The summed E-state index contributed by atoms with van der Waals surface area (Å²) in [5.41, 5.74) is 2.74. The molecule has 4 heteroatoms. The fourth-order valence-corrected chi connectivity index (χ4v) is 1.46. The first-order valence-corrected chi connectivity index (χ1v) is 4.24. The van der Waals surface area contributed by atoms with Crippen LogP contribution in [0.15, 0.2) is 12.1 Å². The molecule has 12 heavy (non-hydrogen) atoms. The molecule has 0 fully saturated rings. The van der Waals surface area contributed by atoms with Gasteiger partial charge in [-0.3, -0.25) is 0 Å². The Bertz CT molecular complexity index is 395. The number of rotatable bonds is 0. The van der Waals surface area contributed by atoms with E-state index in [1.807, 2.05) is 13.0 Å². The molecule has 2 aromatic rings. The van der Waals surface area contributed by atoms with E-state index in [-0.39, 0.29) is 0 Å². The first kappa shape index (κ1) is 7.90. The van der Waals surface area contributed by atoms with Gasteiger partial charge in [0.25, 0.3) is 0 Å². The van der Waals surface area contributed by atoms with Crippen molar-refractivity contribution in [2.24, 2.45) is 0 Å². The molecule has 2 nitrogen and oxygen atoms in total. The molecule has 0 atom stereocenters. The second-order valence-corrected chi connectivity index (χ2v) is 3.41. The highest BCUT2D eigenvalue weighted by atomic mass is 35.5. The Morgan fingerprint density at radius 1 is 1.33 bits per heavy atom. The summed E-state index contributed by atoms with van der Waals surface area (Å²) in [6.45, 7) is 1.94. The Morgan fingerprint density at radius 3 is 2.83 bits per heavy atom. The van der Waals surface area contributed by atoms with Crippen LogP contribution in [0.25, 0.3) is 11.0 Å². The van der Waals surface area contributed by atoms with Gasteiger partial charge in [0, 0.05) is 5.02 Å². The second-order valence-electron chi connectivity index (χ2n) is 2.65. The summed E-state index contributed by atoms with van der Waals surface area (Å²) in [6, 6.07) is 3.73. The van der Waals surface area contributed by atoms with Gasteiger partial charge in [-0.05, 0) is 36.2 Å². The van der Waals surface area contributed by atoms with Crippen LogP contribution in [0.1, 0.15) is 5.56 Å². The fourth-order valence-electron chi connectivity index (χ4n) is 1.11. The molecular weight excluding hydrogens is 195 g/mol. The third-order valence-electron chi connectivity index (χ3n) is 1.73. The van der Waals surface area contributed by atoms with Crippen molar-refractivity contribution in [3.8, 4) is 0 Å². The number of nitrogens with one attached hydrogen (secondary N) is 1. The first-order valence-electron chi connectivity index (χ1n) is 3.48. The van der Waals surface area contributed by atoms with Crippen LogP contribution in [-0.4, -0.2) is 9.97 Å². The van der Waals surface area contributed by atoms with Gasteiger partial charge in [-0.1, -0.05) is 11.6 Å². The number of hydrogen-bond acceptors (Lipinski definition) is 1. The molecule has 0 spiro atoms. The van der Waals surface area contributed by atoms with Crippen molar-refractivity contribution < 1.29 is 0 Å². The van der Waals surface area contributed by atoms with Gasteiger partial charge >= 0.3 is 0 Å². The average Bonchev–Trinajstić information content (AvgIpc) is 2.30. The van der Waals surface area contributed by atoms with Crippen molar-refractivity contribution in [1.29, 1.82) is 0 Å². The largest absolute Gasteiger partial charge is 0.329 e. The molecule has 0 saturated heterocycles. The van der Waals surface area contributed by atoms with Gasteiger partial charge in [0.05, 0.1) is 11.0 Å². The molecule has 0 radical (unpaired) electrons. The van der Waals surface area contributed by atoms with Gasteiger partial charge < -0.3 is 4.98 Å². The summed E-state index contributed by atoms with van der Waals surface area (Å²) in [5.74, 6) is 0. The normalized spacial score (nSPS) is 10.9. The number of H-pyrrole nitrogens is 1. The number of hydrogen-bond donors (Lipinski definition) is 1. The third kappa shape index (κ3) is 1.17. The van der Waals surface area contributed by atoms with Gasteiger partial charge in [0.15, 0.2) is 0 Å². The smallest absolute Gasteiger partial charge is 0.201 e. The third-order valence-corrected chi connectivity index (χ3v) is 2.32. The predicted molar refractivity (Wildman–Crippen MR) is 50.9 cm³/mol. The highest BCUT2D eigenvalue weighted by Gasteiger charge is 2.03. The van der Waals surface area contributed by atoms with Gasteiger partial charge in [-0.15, -0.1) is 0 Å². The summed E-state index contributed by atoms with van der Waals surface area (Å²) in [5, 5.41) is 1.11. The molecule has 0 unspecified atom stereocenters. The average molecular weight is 201 g/mol. The Labute approximate surface area is 79.5 Å². The molecule has 0 aliphatic heterocycles. The minimum Gasteiger partial charge on any atom is -0.329 e. The quantitative estimate of drug-likeness (QED) is 0.696. The van der Waals surface area contributed by atoms with Crippen molar-refractivity contribution in [3.05, 3.63) is 28.0 Å². The van der Waals surface area contributed by atoms with E-state index in [1.54, 1.807) is 6.07 Å². The van der Waals surface area contributed by atoms with E-state index in [1.165, 1.54) is 0 Å². The van der Waals surface area contributed by atoms with E-state index in [2.05, 4.69) is 9.97 Å². The zero-order chi connectivity index (χ0) is 8.72. The fraction of sp³-hybridized carbons (Fsp3) is 0.125. The van der Waals surface area contributed by atoms with Crippen molar-refractivity contribution in [2.75, 3.05) is 0 Å². The molecule has 1 N–H and O–H groups in total. The molecule has 1 aromatic heterocycles. The number of imidazole rings is 1. The molecule has 0 aliphatic carbocycles. The van der Waals surface area contributed by atoms with Crippen LogP contribution in [0.4, 0.5) is 0 Å². The number of aromatic amines is 1. The highest BCUT2D eigenvalue weighted by Crippen LogP contribution is 2.22. The number of halogens is 2. The maximum Gasteiger partial charge on any atom is 0.201 e. The molecule has 2 rings (SSSR count). The van der Waals surface area contributed by atoms with Crippen LogP contribution in [-0.2, 0) is 0 Å². The van der Waals surface area contributed by atoms with Crippen molar-refractivity contribution in [2.45, 2.75) is 6.92 Å². The molecule has 0 amide bonds. The van der Waals surface area contributed by atoms with Crippen LogP contribution in [0.2, 0.25) is 10.3 Å². The zero-order valence-electron chi connectivity index (χ0n) is 6.36. The standard InChI is InChI=1S/C8H6Cl2N2/c1-4-2-6-7(3-5(4)9)12-8(10)11-6/h2-3H,1H3,(H,11,12). The Morgan fingerprint density at radius 2 is 2.08 bits per heavy atom. The van der Waals surface area contributed by atoms with Crippen LogP contribution in [0.3, 0.4) is 0 Å². The lowest BCUT2D eigenvalue weighted by Crippen LogP contribution is -1.75. The van der Waals surface area contributed by atoms with Crippen molar-refractivity contribution in [3.63, 3.8) is 0 Å². The van der Waals surface area contributed by atoms with Crippen LogP contribution < -0.4 is 0 Å². The predicted octanol–water partition coefficient (Wildman–Crippen LogP) is 3.18. The van der Waals surface area contributed by atoms with E-state index in [4.69, 9.17) is 23.2 Å². The molecule has 62 valence electrons. The molecule has 0 saturated carbocycles. The monoisotopic (exact) mass is 200 g/mol. The van der Waals surface area contributed by atoms with Gasteiger partial charge in [-0.25, -0.2) is 4.98 Å². The van der Waals surface area contributed by atoms with Crippen molar-refractivity contribution in [1.82, 2.24) is 9.97 Å². The highest BCUT2D eigenvalue weighted by molar-refractivity contribution is 6.32. The molecule has 1 aromatic carbocycles. The summed E-state index contributed by atoms with van der Waals surface area (Å²) >= 11 is 11.6. The number of aromatic nitrogens is 2. The number of aryl methyl sites for hydroxylation is 1. The lowest BCUT2D eigenvalue weighted by molar-refractivity contribution is 1.34. The number of nitrogens with zero attached hydrogens (tertiary/aromatic N) is 1. The van der Waals surface area contributed by atoms with Crippen LogP contribution in [0, 0.1) is 6.92 Å². The SMILES string of the molecule is Cc1cc2[nH]c(Cl)nc2cc1Cl. The van der Waals surface area contributed by atoms with Crippen LogP contribution >= 0.6 is 23.2 Å². The Kier molecular flexibility index (Phi) is 1.74. The van der Waals surface area contributed by atoms with Gasteiger partial charge in [0.1, 0.15) is 0 Å². The maximum absolute atomic E-state index is 5.90. The number of benzene rings is 1. The molecule has 0 aliphatic rings. The summed E-state index contributed by atoms with van der Waals surface area (Å²) in [4.78, 5) is 6.96. The van der Waals surface area contributed by atoms with E-state index in [9.17, 15) is 0 Å². The Hall–Kier alpha value is -0.730. The zero-order valence-corrected chi connectivity index (χ0v) is 7.87. The summed E-state index contributed by atoms with van der Waals surface area (Å²) < 4.78 is 0. The molecule has 1 heterocycles. The molecule has 0 bridgehead atoms. The lowest BCUT2D eigenvalue weighted by Gasteiger charge is -1.95. The summed E-state index contributed by atoms with van der Waals surface area (Å²) in [7, 11) is 0. The minimum atomic E-state index is 0.395. The maximum atomic E-state index is 5.90. The topological polar surface area (TPSA) is 28.7 Å². The van der Waals surface area contributed by atoms with Gasteiger partial charge in [-0.2, -0.15) is 0 Å². The molecular formula is C8H6Cl2N2. The van der Waals surface area contributed by atoms with E-state index in [0.29, 0.717) is 10.3 Å².